The number of nitrogen functional groups attached to an aromatic ring is 1. The number of halogens is 2. The van der Waals surface area contributed by atoms with E-state index in [1.54, 1.807) is 0 Å². The predicted octanol–water partition coefficient (Wildman–Crippen LogP) is 12.7. The third-order valence-electron chi connectivity index (χ3n) is 8.74. The maximum atomic E-state index is 6.02. The Hall–Kier alpha value is -5.82. The van der Waals surface area contributed by atoms with Crippen LogP contribution in [0.3, 0.4) is 0 Å². The largest absolute Gasteiger partial charge is 0.399 e. The van der Waals surface area contributed by atoms with Crippen molar-refractivity contribution in [3.05, 3.63) is 192 Å². The van der Waals surface area contributed by atoms with Crippen LogP contribution in [0.25, 0.3) is 28.5 Å². The van der Waals surface area contributed by atoms with Crippen LogP contribution >= 0.6 is 23.2 Å². The smallest absolute Gasteiger partial charge is 0.168 e. The SMILES string of the molecule is CC(C)(C)c1ccc(-n2c(-c3ccccc3)nnc2-c2ccccc2)cc1.CC(C)(C)c1ccc(N)cc1.Cl/C(=N\N=C(/Cl)c1ccccc1)c1ccccc1. The van der Waals surface area contributed by atoms with E-state index in [9.17, 15) is 0 Å². The molecule has 0 aliphatic heterocycles. The molecule has 2 N–H and O–H groups in total. The molecular formula is C48H48Cl2N6. The molecule has 8 heteroatoms. The van der Waals surface area contributed by atoms with Crippen molar-refractivity contribution in [1.29, 1.82) is 0 Å². The highest BCUT2D eigenvalue weighted by atomic mass is 35.5. The number of benzene rings is 6. The maximum Gasteiger partial charge on any atom is 0.168 e. The lowest BCUT2D eigenvalue weighted by Crippen LogP contribution is -2.11. The van der Waals surface area contributed by atoms with Gasteiger partial charge in [0.15, 0.2) is 22.0 Å². The van der Waals surface area contributed by atoms with Gasteiger partial charge in [-0.15, -0.1) is 20.4 Å². The minimum atomic E-state index is 0.121. The molecule has 0 radical (unpaired) electrons. The van der Waals surface area contributed by atoms with Crippen molar-refractivity contribution >= 4 is 39.2 Å². The van der Waals surface area contributed by atoms with Crippen molar-refractivity contribution in [1.82, 2.24) is 14.8 Å². The predicted molar refractivity (Wildman–Crippen MR) is 238 cm³/mol. The Bertz CT molecular complexity index is 2200. The highest BCUT2D eigenvalue weighted by Gasteiger charge is 2.19. The zero-order valence-electron chi connectivity index (χ0n) is 32.7. The molecule has 1 heterocycles. The van der Waals surface area contributed by atoms with Crippen molar-refractivity contribution in [2.24, 2.45) is 10.2 Å². The minimum absolute atomic E-state index is 0.121. The Morgan fingerprint density at radius 1 is 0.464 bits per heavy atom. The van der Waals surface area contributed by atoms with Gasteiger partial charge >= 0.3 is 0 Å². The van der Waals surface area contributed by atoms with Crippen molar-refractivity contribution in [2.45, 2.75) is 52.4 Å². The van der Waals surface area contributed by atoms with Gasteiger partial charge in [-0.2, -0.15) is 0 Å². The first kappa shape index (κ1) is 41.3. The van der Waals surface area contributed by atoms with E-state index in [1.165, 1.54) is 11.1 Å². The first-order valence-corrected chi connectivity index (χ1v) is 19.2. The Labute approximate surface area is 341 Å². The normalized spacial score (nSPS) is 11.9. The standard InChI is InChI=1S/C24H23N3.C14H10Cl2N2.C10H15N/c1-24(2,3)20-14-16-21(17-15-20)27-22(18-10-6-4-7-11-18)25-26-23(27)19-12-8-5-9-13-19;15-13(11-7-3-1-4-8-11)17-18-14(16)12-9-5-2-6-10-12;1-10(2,3)8-4-6-9(11)7-5-8/h4-17H,1-3H3;1-10H;4-7H,11H2,1-3H3/b;17-13-,18-14-;. The van der Waals surface area contributed by atoms with Crippen LogP contribution < -0.4 is 5.73 Å². The van der Waals surface area contributed by atoms with E-state index >= 15 is 0 Å². The Morgan fingerprint density at radius 3 is 1.12 bits per heavy atom. The molecule has 56 heavy (non-hydrogen) atoms. The molecule has 0 unspecified atom stereocenters. The fourth-order valence-electron chi connectivity index (χ4n) is 5.53. The molecule has 0 aliphatic rings. The average molecular weight is 780 g/mol. The molecule has 0 fully saturated rings. The lowest BCUT2D eigenvalue weighted by molar-refractivity contribution is 0.590. The van der Waals surface area contributed by atoms with E-state index in [0.717, 1.165) is 45.3 Å². The molecule has 0 saturated heterocycles. The second-order valence-electron chi connectivity index (χ2n) is 15.1. The van der Waals surface area contributed by atoms with E-state index in [0.29, 0.717) is 10.3 Å². The van der Waals surface area contributed by atoms with Gasteiger partial charge in [-0.05, 0) is 46.2 Å². The van der Waals surface area contributed by atoms with E-state index in [2.05, 4.69) is 127 Å². The molecular weight excluding hydrogens is 731 g/mol. The van der Waals surface area contributed by atoms with Crippen molar-refractivity contribution in [2.75, 3.05) is 5.73 Å². The summed E-state index contributed by atoms with van der Waals surface area (Å²) in [5.74, 6) is 1.69. The summed E-state index contributed by atoms with van der Waals surface area (Å²) in [5.41, 5.74) is 14.2. The second-order valence-corrected chi connectivity index (χ2v) is 15.8. The van der Waals surface area contributed by atoms with Gasteiger partial charge in [-0.1, -0.05) is 210 Å². The van der Waals surface area contributed by atoms with Crippen LogP contribution in [0.2, 0.25) is 0 Å². The fourth-order valence-corrected chi connectivity index (χ4v) is 5.85. The van der Waals surface area contributed by atoms with Gasteiger partial charge in [0.1, 0.15) is 0 Å². The summed E-state index contributed by atoms with van der Waals surface area (Å²) in [4.78, 5) is 0. The van der Waals surface area contributed by atoms with Crippen LogP contribution in [-0.4, -0.2) is 25.1 Å². The van der Waals surface area contributed by atoms with Gasteiger partial charge < -0.3 is 5.73 Å². The molecule has 6 nitrogen and oxygen atoms in total. The number of aromatic nitrogens is 3. The summed E-state index contributed by atoms with van der Waals surface area (Å²) in [7, 11) is 0. The van der Waals surface area contributed by atoms with Crippen molar-refractivity contribution < 1.29 is 0 Å². The Morgan fingerprint density at radius 2 is 0.786 bits per heavy atom. The second kappa shape index (κ2) is 19.2. The minimum Gasteiger partial charge on any atom is -0.399 e. The molecule has 6 aromatic carbocycles. The molecule has 0 atom stereocenters. The topological polar surface area (TPSA) is 81.5 Å². The molecule has 284 valence electrons. The van der Waals surface area contributed by atoms with E-state index in [-0.39, 0.29) is 10.8 Å². The third-order valence-corrected chi connectivity index (χ3v) is 9.33. The summed E-state index contributed by atoms with van der Waals surface area (Å²) in [6, 6.07) is 56.0. The summed E-state index contributed by atoms with van der Waals surface area (Å²) >= 11 is 12.0. The number of anilines is 1. The number of nitrogens with zero attached hydrogens (tertiary/aromatic N) is 5. The molecule has 7 rings (SSSR count). The maximum absolute atomic E-state index is 6.02. The van der Waals surface area contributed by atoms with E-state index in [4.69, 9.17) is 28.9 Å². The summed E-state index contributed by atoms with van der Waals surface area (Å²) in [5, 5.41) is 17.5. The Balaban J connectivity index is 0.000000178. The van der Waals surface area contributed by atoms with Gasteiger partial charge in [-0.25, -0.2) is 0 Å². The van der Waals surface area contributed by atoms with Gasteiger partial charge in [-0.3, -0.25) is 4.57 Å². The molecule has 7 aromatic rings. The van der Waals surface area contributed by atoms with Crippen LogP contribution in [0.4, 0.5) is 5.69 Å². The van der Waals surface area contributed by atoms with Crippen LogP contribution in [0.15, 0.2) is 180 Å². The highest BCUT2D eigenvalue weighted by Crippen LogP contribution is 2.30. The van der Waals surface area contributed by atoms with Crippen molar-refractivity contribution in [3.8, 4) is 28.5 Å². The first-order chi connectivity index (χ1) is 26.8. The van der Waals surface area contributed by atoms with Gasteiger partial charge in [0.25, 0.3) is 0 Å². The molecule has 0 amide bonds. The average Bonchev–Trinajstić information content (AvgIpc) is 3.67. The Kier molecular flexibility index (Phi) is 14.1. The first-order valence-electron chi connectivity index (χ1n) is 18.4. The number of rotatable bonds is 6. The highest BCUT2D eigenvalue weighted by molar-refractivity contribution is 6.71. The summed E-state index contributed by atoms with van der Waals surface area (Å²) in [6.45, 7) is 13.3. The summed E-state index contributed by atoms with van der Waals surface area (Å²) < 4.78 is 2.14. The molecule has 0 spiro atoms. The molecule has 1 aromatic heterocycles. The summed E-state index contributed by atoms with van der Waals surface area (Å²) in [6.07, 6.45) is 0. The molecule has 0 bridgehead atoms. The van der Waals surface area contributed by atoms with Gasteiger partial charge in [0, 0.05) is 33.6 Å². The van der Waals surface area contributed by atoms with Crippen LogP contribution in [0.1, 0.15) is 63.8 Å². The van der Waals surface area contributed by atoms with Gasteiger partial charge in [0.05, 0.1) is 0 Å². The number of hydrogen-bond acceptors (Lipinski definition) is 5. The monoisotopic (exact) mass is 778 g/mol. The number of hydrogen-bond donors (Lipinski definition) is 1. The van der Waals surface area contributed by atoms with Crippen LogP contribution in [0.5, 0.6) is 0 Å². The zero-order chi connectivity index (χ0) is 40.1. The fraction of sp³-hybridized carbons (Fsp3) is 0.167. The van der Waals surface area contributed by atoms with Crippen LogP contribution in [0, 0.1) is 0 Å². The molecule has 0 aliphatic carbocycles. The number of nitrogens with two attached hydrogens (primary N) is 1. The third kappa shape index (κ3) is 11.6. The lowest BCUT2D eigenvalue weighted by atomic mass is 9.87. The quantitative estimate of drug-likeness (QED) is 0.104. The van der Waals surface area contributed by atoms with E-state index < -0.39 is 0 Å². The van der Waals surface area contributed by atoms with Crippen molar-refractivity contribution in [3.63, 3.8) is 0 Å². The van der Waals surface area contributed by atoms with Crippen LogP contribution in [-0.2, 0) is 10.8 Å². The molecule has 0 saturated carbocycles. The lowest BCUT2D eigenvalue weighted by Gasteiger charge is -2.20. The van der Waals surface area contributed by atoms with Gasteiger partial charge in [0.2, 0.25) is 0 Å². The van der Waals surface area contributed by atoms with E-state index in [1.807, 2.05) is 109 Å². The zero-order valence-corrected chi connectivity index (χ0v) is 34.2.